The molecule has 2 N–H and O–H groups in total. The molecule has 1 saturated heterocycles. The standard InChI is InChI=1S/C23H35N5O5S/c1-5-26(6-2)19-12-11-17(34(32,33)27(7-3)8-4)15-18(19)24-20(29)16-28-21(30)23(25-22(28)31)13-9-10-14-23/h11-12,15H,5-10,13-14,16H2,1-4H3,(H,24,29)(H,25,31). The summed E-state index contributed by atoms with van der Waals surface area (Å²) in [6, 6.07) is 4.10. The van der Waals surface area contributed by atoms with Crippen LogP contribution >= 0.6 is 0 Å². The van der Waals surface area contributed by atoms with E-state index in [0.29, 0.717) is 50.4 Å². The number of hydrogen-bond acceptors (Lipinski definition) is 6. The Morgan fingerprint density at radius 1 is 1.06 bits per heavy atom. The van der Waals surface area contributed by atoms with Crippen molar-refractivity contribution in [2.75, 3.05) is 42.9 Å². The van der Waals surface area contributed by atoms with Crippen molar-refractivity contribution in [3.05, 3.63) is 18.2 Å². The third-order valence-electron chi connectivity index (χ3n) is 6.69. The predicted octanol–water partition coefficient (Wildman–Crippen LogP) is 2.37. The zero-order chi connectivity index (χ0) is 25.1. The molecule has 0 bridgehead atoms. The predicted molar refractivity (Wildman–Crippen MR) is 130 cm³/mol. The van der Waals surface area contributed by atoms with Gasteiger partial charge >= 0.3 is 6.03 Å². The number of sulfonamides is 1. The minimum Gasteiger partial charge on any atom is -0.370 e. The smallest absolute Gasteiger partial charge is 0.325 e. The molecule has 0 aromatic heterocycles. The van der Waals surface area contributed by atoms with Crippen LogP contribution in [0.3, 0.4) is 0 Å². The molecule has 10 nitrogen and oxygen atoms in total. The van der Waals surface area contributed by atoms with Gasteiger partial charge in [-0.1, -0.05) is 26.7 Å². The van der Waals surface area contributed by atoms with Crippen LogP contribution in [0.5, 0.6) is 0 Å². The Labute approximate surface area is 201 Å². The average Bonchev–Trinajstić information content (AvgIpc) is 3.36. The van der Waals surface area contributed by atoms with Gasteiger partial charge in [0.05, 0.1) is 16.3 Å². The monoisotopic (exact) mass is 493 g/mol. The van der Waals surface area contributed by atoms with Crippen LogP contribution in [0.4, 0.5) is 16.2 Å². The first-order valence-electron chi connectivity index (χ1n) is 12.0. The van der Waals surface area contributed by atoms with Crippen molar-refractivity contribution in [3.63, 3.8) is 0 Å². The first-order chi connectivity index (χ1) is 16.1. The number of nitrogens with one attached hydrogen (secondary N) is 2. The van der Waals surface area contributed by atoms with E-state index in [9.17, 15) is 22.8 Å². The van der Waals surface area contributed by atoms with Crippen molar-refractivity contribution in [1.82, 2.24) is 14.5 Å². The van der Waals surface area contributed by atoms with Gasteiger partial charge in [-0.15, -0.1) is 0 Å². The number of hydrogen-bond donors (Lipinski definition) is 2. The van der Waals surface area contributed by atoms with Crippen LogP contribution in [0.1, 0.15) is 53.4 Å². The van der Waals surface area contributed by atoms with E-state index in [4.69, 9.17) is 0 Å². The van der Waals surface area contributed by atoms with Crippen LogP contribution in [-0.4, -0.2) is 73.7 Å². The molecule has 188 valence electrons. The summed E-state index contributed by atoms with van der Waals surface area (Å²) in [7, 11) is -3.74. The highest BCUT2D eigenvalue weighted by atomic mass is 32.2. The minimum atomic E-state index is -3.74. The van der Waals surface area contributed by atoms with Crippen molar-refractivity contribution in [1.29, 1.82) is 0 Å². The lowest BCUT2D eigenvalue weighted by Gasteiger charge is -2.26. The van der Waals surface area contributed by atoms with Gasteiger partial charge in [0.25, 0.3) is 5.91 Å². The molecule has 1 heterocycles. The molecule has 11 heteroatoms. The molecule has 0 atom stereocenters. The van der Waals surface area contributed by atoms with E-state index < -0.39 is 34.0 Å². The van der Waals surface area contributed by atoms with Gasteiger partial charge in [-0.2, -0.15) is 4.31 Å². The number of amides is 4. The second kappa shape index (κ2) is 10.3. The summed E-state index contributed by atoms with van der Waals surface area (Å²) in [6.07, 6.45) is 2.86. The van der Waals surface area contributed by atoms with Gasteiger partial charge in [-0.05, 0) is 44.9 Å². The molecule has 2 aliphatic rings. The molecule has 2 fully saturated rings. The van der Waals surface area contributed by atoms with Gasteiger partial charge in [-0.3, -0.25) is 14.5 Å². The van der Waals surface area contributed by atoms with E-state index in [1.807, 2.05) is 18.7 Å². The van der Waals surface area contributed by atoms with Crippen molar-refractivity contribution < 1.29 is 22.8 Å². The van der Waals surface area contributed by atoms with Crippen molar-refractivity contribution >= 4 is 39.2 Å². The highest BCUT2D eigenvalue weighted by Crippen LogP contribution is 2.35. The van der Waals surface area contributed by atoms with Crippen molar-refractivity contribution in [2.24, 2.45) is 0 Å². The van der Waals surface area contributed by atoms with E-state index in [-0.39, 0.29) is 10.8 Å². The molecular weight excluding hydrogens is 458 g/mol. The molecule has 1 aromatic rings. The Morgan fingerprint density at radius 2 is 1.68 bits per heavy atom. The molecule has 1 aromatic carbocycles. The van der Waals surface area contributed by atoms with Gasteiger partial charge in [0.15, 0.2) is 0 Å². The van der Waals surface area contributed by atoms with Crippen LogP contribution in [-0.2, 0) is 19.6 Å². The number of benzene rings is 1. The van der Waals surface area contributed by atoms with E-state index in [1.165, 1.54) is 16.4 Å². The molecule has 1 aliphatic heterocycles. The van der Waals surface area contributed by atoms with E-state index in [0.717, 1.165) is 17.7 Å². The molecule has 1 spiro atoms. The van der Waals surface area contributed by atoms with Crippen LogP contribution in [0.15, 0.2) is 23.1 Å². The second-order valence-corrected chi connectivity index (χ2v) is 10.5. The van der Waals surface area contributed by atoms with E-state index >= 15 is 0 Å². The lowest BCUT2D eigenvalue weighted by atomic mass is 9.98. The zero-order valence-electron chi connectivity index (χ0n) is 20.4. The Hall–Kier alpha value is -2.66. The highest BCUT2D eigenvalue weighted by Gasteiger charge is 2.52. The largest absolute Gasteiger partial charge is 0.370 e. The van der Waals surface area contributed by atoms with Crippen molar-refractivity contribution in [2.45, 2.75) is 63.8 Å². The normalized spacial score (nSPS) is 17.5. The summed E-state index contributed by atoms with van der Waals surface area (Å²) in [5.74, 6) is -0.934. The molecule has 0 unspecified atom stereocenters. The Bertz CT molecular complexity index is 1040. The maximum atomic E-state index is 13.1. The number of urea groups is 1. The van der Waals surface area contributed by atoms with Gasteiger partial charge in [0.2, 0.25) is 15.9 Å². The summed E-state index contributed by atoms with van der Waals surface area (Å²) in [6.45, 7) is 8.98. The number of rotatable bonds is 10. The lowest BCUT2D eigenvalue weighted by molar-refractivity contribution is -0.133. The molecular formula is C23H35N5O5S. The third-order valence-corrected chi connectivity index (χ3v) is 8.74. The first-order valence-corrected chi connectivity index (χ1v) is 13.4. The van der Waals surface area contributed by atoms with E-state index in [2.05, 4.69) is 10.6 Å². The third kappa shape index (κ3) is 4.76. The van der Waals surface area contributed by atoms with Gasteiger partial charge in [-0.25, -0.2) is 13.2 Å². The average molecular weight is 494 g/mol. The van der Waals surface area contributed by atoms with Crippen molar-refractivity contribution in [3.8, 4) is 0 Å². The summed E-state index contributed by atoms with van der Waals surface area (Å²) in [4.78, 5) is 41.3. The minimum absolute atomic E-state index is 0.0716. The number of carbonyl (C=O) groups is 3. The number of carbonyl (C=O) groups excluding carboxylic acids is 3. The van der Waals surface area contributed by atoms with Gasteiger partial charge < -0.3 is 15.5 Å². The fraction of sp³-hybridized carbons (Fsp3) is 0.609. The van der Waals surface area contributed by atoms with Gasteiger partial charge in [0, 0.05) is 26.2 Å². The maximum absolute atomic E-state index is 13.1. The molecule has 34 heavy (non-hydrogen) atoms. The zero-order valence-corrected chi connectivity index (χ0v) is 21.2. The SMILES string of the molecule is CCN(CC)c1ccc(S(=O)(=O)N(CC)CC)cc1NC(=O)CN1C(=O)NC2(CCCC2)C1=O. The fourth-order valence-corrected chi connectivity index (χ4v) is 6.28. The Morgan fingerprint density at radius 3 is 2.24 bits per heavy atom. The van der Waals surface area contributed by atoms with Crippen LogP contribution in [0, 0.1) is 0 Å². The quantitative estimate of drug-likeness (QED) is 0.483. The summed E-state index contributed by atoms with van der Waals surface area (Å²) >= 11 is 0. The molecule has 3 rings (SSSR count). The molecule has 1 aliphatic carbocycles. The molecule has 1 saturated carbocycles. The van der Waals surface area contributed by atoms with Gasteiger partial charge in [0.1, 0.15) is 12.1 Å². The Balaban J connectivity index is 1.88. The number of imide groups is 1. The second-order valence-electron chi connectivity index (χ2n) is 8.60. The summed E-state index contributed by atoms with van der Waals surface area (Å²) in [5.41, 5.74) is 0.104. The summed E-state index contributed by atoms with van der Waals surface area (Å²) in [5, 5.41) is 5.52. The van der Waals surface area contributed by atoms with Crippen LogP contribution in [0.25, 0.3) is 0 Å². The topological polar surface area (TPSA) is 119 Å². The number of nitrogens with zero attached hydrogens (tertiary/aromatic N) is 3. The lowest BCUT2D eigenvalue weighted by Crippen LogP contribution is -2.44. The summed E-state index contributed by atoms with van der Waals surface area (Å²) < 4.78 is 27.5. The Kier molecular flexibility index (Phi) is 7.87. The molecule has 0 radical (unpaired) electrons. The van der Waals surface area contributed by atoms with Crippen LogP contribution in [0.2, 0.25) is 0 Å². The first kappa shape index (κ1) is 26.0. The van der Waals surface area contributed by atoms with Crippen LogP contribution < -0.4 is 15.5 Å². The maximum Gasteiger partial charge on any atom is 0.325 e. The number of anilines is 2. The fourth-order valence-electron chi connectivity index (χ4n) is 4.80. The highest BCUT2D eigenvalue weighted by molar-refractivity contribution is 7.89. The molecule has 4 amide bonds. The van der Waals surface area contributed by atoms with E-state index in [1.54, 1.807) is 19.9 Å².